The molecule has 3 nitrogen and oxygen atoms in total. The number of carbonyl (C=O) groups excluding carboxylic acids is 1. The lowest BCUT2D eigenvalue weighted by molar-refractivity contribution is -0.128. The number of hydrogen-bond acceptors (Lipinski definition) is 2. The highest BCUT2D eigenvalue weighted by Crippen LogP contribution is 2.14. The van der Waals surface area contributed by atoms with Gasteiger partial charge in [0.1, 0.15) is 6.61 Å². The summed E-state index contributed by atoms with van der Waals surface area (Å²) in [4.78, 5) is 11.4. The maximum Gasteiger partial charge on any atom is 0.246 e. The maximum absolute atomic E-state index is 11.4. The standard InChI is InChI=1S/C10H20ClNO2/c1-7(2)14-6-9(13)12-10(4,5)8(3)11/h7-8H,6H2,1-5H3,(H,12,13). The first-order valence-electron chi connectivity index (χ1n) is 4.82. The molecular formula is C10H20ClNO2. The molecule has 0 spiro atoms. The lowest BCUT2D eigenvalue weighted by atomic mass is 10.0. The summed E-state index contributed by atoms with van der Waals surface area (Å²) in [6.07, 6.45) is 0.0669. The van der Waals surface area contributed by atoms with Crippen LogP contribution in [-0.2, 0) is 9.53 Å². The minimum atomic E-state index is -0.404. The highest BCUT2D eigenvalue weighted by molar-refractivity contribution is 6.21. The summed E-state index contributed by atoms with van der Waals surface area (Å²) in [6.45, 7) is 9.50. The van der Waals surface area contributed by atoms with Crippen LogP contribution in [0.25, 0.3) is 0 Å². The first kappa shape index (κ1) is 13.7. The molecule has 0 aliphatic carbocycles. The molecule has 1 N–H and O–H groups in total. The Balaban J connectivity index is 3.94. The third-order valence-corrected chi connectivity index (χ3v) is 2.55. The van der Waals surface area contributed by atoms with Crippen LogP contribution in [0.2, 0.25) is 0 Å². The molecule has 0 saturated carbocycles. The van der Waals surface area contributed by atoms with E-state index in [1.165, 1.54) is 0 Å². The molecule has 14 heavy (non-hydrogen) atoms. The molecule has 0 fully saturated rings. The first-order chi connectivity index (χ1) is 6.25. The Labute approximate surface area is 91.2 Å². The van der Waals surface area contributed by atoms with Gasteiger partial charge in [-0.05, 0) is 34.6 Å². The minimum Gasteiger partial charge on any atom is -0.369 e. The Morgan fingerprint density at radius 1 is 1.43 bits per heavy atom. The molecule has 1 amide bonds. The zero-order chi connectivity index (χ0) is 11.4. The highest BCUT2D eigenvalue weighted by Gasteiger charge is 2.25. The second kappa shape index (κ2) is 5.56. The van der Waals surface area contributed by atoms with E-state index < -0.39 is 5.54 Å². The summed E-state index contributed by atoms with van der Waals surface area (Å²) in [6, 6.07) is 0. The fourth-order valence-corrected chi connectivity index (χ4v) is 0.792. The maximum atomic E-state index is 11.4. The summed E-state index contributed by atoms with van der Waals surface area (Å²) < 4.78 is 5.17. The number of alkyl halides is 1. The molecule has 0 bridgehead atoms. The van der Waals surface area contributed by atoms with Gasteiger partial charge in [0, 0.05) is 0 Å². The largest absolute Gasteiger partial charge is 0.369 e. The highest BCUT2D eigenvalue weighted by atomic mass is 35.5. The van der Waals surface area contributed by atoms with E-state index in [-0.39, 0.29) is 24.0 Å². The first-order valence-corrected chi connectivity index (χ1v) is 5.26. The molecule has 0 radical (unpaired) electrons. The van der Waals surface area contributed by atoms with E-state index in [1.807, 2.05) is 34.6 Å². The van der Waals surface area contributed by atoms with E-state index in [4.69, 9.17) is 16.3 Å². The zero-order valence-corrected chi connectivity index (χ0v) is 10.3. The molecule has 0 saturated heterocycles. The van der Waals surface area contributed by atoms with Crippen molar-refractivity contribution in [2.75, 3.05) is 6.61 Å². The quantitative estimate of drug-likeness (QED) is 0.721. The average molecular weight is 222 g/mol. The number of amides is 1. The van der Waals surface area contributed by atoms with Gasteiger partial charge in [0.25, 0.3) is 0 Å². The van der Waals surface area contributed by atoms with Crippen LogP contribution in [0.3, 0.4) is 0 Å². The number of ether oxygens (including phenoxy) is 1. The van der Waals surface area contributed by atoms with Crippen molar-refractivity contribution in [3.05, 3.63) is 0 Å². The summed E-state index contributed by atoms with van der Waals surface area (Å²) in [7, 11) is 0. The Kier molecular flexibility index (Phi) is 5.45. The number of halogens is 1. The van der Waals surface area contributed by atoms with E-state index in [2.05, 4.69) is 5.32 Å². The van der Waals surface area contributed by atoms with Crippen LogP contribution >= 0.6 is 11.6 Å². The van der Waals surface area contributed by atoms with Gasteiger partial charge in [0.2, 0.25) is 5.91 Å². The molecule has 0 rings (SSSR count). The molecule has 1 atom stereocenters. The Bertz CT molecular complexity index is 191. The predicted molar refractivity (Wildman–Crippen MR) is 58.6 cm³/mol. The van der Waals surface area contributed by atoms with Gasteiger partial charge in [0.05, 0.1) is 17.0 Å². The Morgan fingerprint density at radius 3 is 2.29 bits per heavy atom. The van der Waals surface area contributed by atoms with Crippen molar-refractivity contribution in [1.29, 1.82) is 0 Å². The van der Waals surface area contributed by atoms with Crippen LogP contribution < -0.4 is 5.32 Å². The zero-order valence-electron chi connectivity index (χ0n) is 9.56. The van der Waals surface area contributed by atoms with Gasteiger partial charge in [-0.15, -0.1) is 11.6 Å². The summed E-state index contributed by atoms with van der Waals surface area (Å²) in [5, 5.41) is 2.70. The van der Waals surface area contributed by atoms with Crippen LogP contribution in [0.1, 0.15) is 34.6 Å². The Hall–Kier alpha value is -0.280. The third-order valence-electron chi connectivity index (χ3n) is 2.00. The molecule has 0 aromatic carbocycles. The molecule has 1 unspecified atom stereocenters. The van der Waals surface area contributed by atoms with Crippen molar-refractivity contribution in [3.8, 4) is 0 Å². The third kappa shape index (κ3) is 5.45. The van der Waals surface area contributed by atoms with Crippen LogP contribution in [-0.4, -0.2) is 29.5 Å². The van der Waals surface area contributed by atoms with Gasteiger partial charge in [-0.2, -0.15) is 0 Å². The Morgan fingerprint density at radius 2 is 1.93 bits per heavy atom. The van der Waals surface area contributed by atoms with Crippen LogP contribution in [0.4, 0.5) is 0 Å². The van der Waals surface area contributed by atoms with E-state index in [1.54, 1.807) is 0 Å². The molecule has 0 aromatic heterocycles. The molecule has 0 aliphatic rings. The molecule has 0 heterocycles. The topological polar surface area (TPSA) is 38.3 Å². The average Bonchev–Trinajstić information content (AvgIpc) is 1.99. The number of rotatable bonds is 5. The number of nitrogens with one attached hydrogen (secondary N) is 1. The lowest BCUT2D eigenvalue weighted by Crippen LogP contribution is -2.50. The van der Waals surface area contributed by atoms with Gasteiger partial charge < -0.3 is 10.1 Å². The van der Waals surface area contributed by atoms with Crippen LogP contribution in [0.5, 0.6) is 0 Å². The molecule has 0 aliphatic heterocycles. The van der Waals surface area contributed by atoms with E-state index >= 15 is 0 Å². The molecule has 0 aromatic rings. The van der Waals surface area contributed by atoms with Crippen LogP contribution in [0, 0.1) is 0 Å². The van der Waals surface area contributed by atoms with Crippen molar-refractivity contribution >= 4 is 17.5 Å². The normalized spacial score (nSPS) is 14.2. The number of carbonyl (C=O) groups is 1. The van der Waals surface area contributed by atoms with E-state index in [0.29, 0.717) is 0 Å². The fraction of sp³-hybridized carbons (Fsp3) is 0.900. The van der Waals surface area contributed by atoms with Crippen LogP contribution in [0.15, 0.2) is 0 Å². The molecule has 4 heteroatoms. The molecular weight excluding hydrogens is 202 g/mol. The second-order valence-corrected chi connectivity index (χ2v) is 4.90. The van der Waals surface area contributed by atoms with Crippen molar-refractivity contribution in [2.45, 2.75) is 51.6 Å². The summed E-state index contributed by atoms with van der Waals surface area (Å²) in [5.74, 6) is -0.129. The van der Waals surface area contributed by atoms with Crippen molar-refractivity contribution in [2.24, 2.45) is 0 Å². The van der Waals surface area contributed by atoms with E-state index in [9.17, 15) is 4.79 Å². The van der Waals surface area contributed by atoms with Crippen molar-refractivity contribution in [1.82, 2.24) is 5.32 Å². The molecule has 84 valence electrons. The smallest absolute Gasteiger partial charge is 0.246 e. The van der Waals surface area contributed by atoms with Gasteiger partial charge in [-0.25, -0.2) is 0 Å². The summed E-state index contributed by atoms with van der Waals surface area (Å²) in [5.41, 5.74) is -0.404. The second-order valence-electron chi connectivity index (χ2n) is 4.25. The summed E-state index contributed by atoms with van der Waals surface area (Å²) >= 11 is 5.92. The van der Waals surface area contributed by atoms with Crippen molar-refractivity contribution < 1.29 is 9.53 Å². The SMILES string of the molecule is CC(C)OCC(=O)NC(C)(C)C(C)Cl. The van der Waals surface area contributed by atoms with Crippen molar-refractivity contribution in [3.63, 3.8) is 0 Å². The number of hydrogen-bond donors (Lipinski definition) is 1. The van der Waals surface area contributed by atoms with E-state index in [0.717, 1.165) is 0 Å². The van der Waals surface area contributed by atoms with Gasteiger partial charge in [-0.3, -0.25) is 4.79 Å². The predicted octanol–water partition coefficient (Wildman–Crippen LogP) is 1.93. The monoisotopic (exact) mass is 221 g/mol. The fourth-order valence-electron chi connectivity index (χ4n) is 0.737. The van der Waals surface area contributed by atoms with Gasteiger partial charge >= 0.3 is 0 Å². The van der Waals surface area contributed by atoms with Gasteiger partial charge in [-0.1, -0.05) is 0 Å². The lowest BCUT2D eigenvalue weighted by Gasteiger charge is -2.29. The van der Waals surface area contributed by atoms with Gasteiger partial charge in [0.15, 0.2) is 0 Å². The minimum absolute atomic E-state index is 0.0669.